The quantitative estimate of drug-likeness (QED) is 0.906. The smallest absolute Gasteiger partial charge is 0.255 e. The van der Waals surface area contributed by atoms with Crippen molar-refractivity contribution in [3.63, 3.8) is 0 Å². The largest absolute Gasteiger partial charge is 0.367 e. The molecule has 1 amide bonds. The van der Waals surface area contributed by atoms with Crippen LogP contribution >= 0.6 is 11.3 Å². The van der Waals surface area contributed by atoms with Gasteiger partial charge in [0, 0.05) is 21.7 Å². The highest BCUT2D eigenvalue weighted by molar-refractivity contribution is 7.12. The molecule has 1 atom stereocenters. The van der Waals surface area contributed by atoms with Gasteiger partial charge >= 0.3 is 0 Å². The fourth-order valence-electron chi connectivity index (χ4n) is 2.77. The second-order valence-electron chi connectivity index (χ2n) is 7.23. The molecule has 1 N–H and O–H groups in total. The van der Waals surface area contributed by atoms with Crippen molar-refractivity contribution < 1.29 is 9.53 Å². The number of amides is 1. The van der Waals surface area contributed by atoms with Gasteiger partial charge in [-0.15, -0.1) is 11.3 Å². The average molecular weight is 348 g/mol. The molecule has 0 bridgehead atoms. The Bertz CT molecular complexity index is 744. The first-order chi connectivity index (χ1) is 11.3. The third-order valence-corrected chi connectivity index (χ3v) is 5.07. The lowest BCUT2D eigenvalue weighted by atomic mass is 9.96. The van der Waals surface area contributed by atoms with Crippen molar-refractivity contribution in [2.24, 2.45) is 0 Å². The zero-order valence-electron chi connectivity index (χ0n) is 14.8. The molecule has 2 aromatic heterocycles. The van der Waals surface area contributed by atoms with E-state index in [0.29, 0.717) is 25.5 Å². The highest BCUT2D eigenvalue weighted by Crippen LogP contribution is 2.26. The predicted molar refractivity (Wildman–Crippen MR) is 93.5 cm³/mol. The summed E-state index contributed by atoms with van der Waals surface area (Å²) in [6, 6.07) is 1.97. The highest BCUT2D eigenvalue weighted by Gasteiger charge is 2.30. The van der Waals surface area contributed by atoms with Gasteiger partial charge in [0.1, 0.15) is 6.10 Å². The molecule has 1 aliphatic rings. The second kappa shape index (κ2) is 6.29. The van der Waals surface area contributed by atoms with Crippen LogP contribution in [0.25, 0.3) is 0 Å². The Morgan fingerprint density at radius 1 is 1.42 bits per heavy atom. The Morgan fingerprint density at radius 2 is 2.17 bits per heavy atom. The molecule has 130 valence electrons. The normalized spacial score (nSPS) is 18.9. The van der Waals surface area contributed by atoms with Crippen molar-refractivity contribution in [1.82, 2.24) is 20.1 Å². The number of aromatic nitrogens is 3. The van der Waals surface area contributed by atoms with Gasteiger partial charge in [0.2, 0.25) is 0 Å². The minimum Gasteiger partial charge on any atom is -0.367 e. The Balaban J connectivity index is 1.76. The van der Waals surface area contributed by atoms with E-state index in [0.717, 1.165) is 21.1 Å². The Hall–Kier alpha value is -1.73. The number of hydrogen-bond donors (Lipinski definition) is 1. The lowest BCUT2D eigenvalue weighted by molar-refractivity contribution is -0.0267. The molecular weight excluding hydrogens is 324 g/mol. The van der Waals surface area contributed by atoms with Crippen LogP contribution in [0.15, 0.2) is 6.07 Å². The number of nitrogens with one attached hydrogen (secondary N) is 1. The third kappa shape index (κ3) is 3.37. The van der Waals surface area contributed by atoms with Gasteiger partial charge in [0.05, 0.1) is 18.7 Å². The van der Waals surface area contributed by atoms with Crippen molar-refractivity contribution >= 4 is 17.2 Å². The van der Waals surface area contributed by atoms with Crippen LogP contribution in [0.5, 0.6) is 0 Å². The van der Waals surface area contributed by atoms with E-state index in [1.165, 1.54) is 0 Å². The van der Waals surface area contributed by atoms with Crippen molar-refractivity contribution in [3.8, 4) is 0 Å². The van der Waals surface area contributed by atoms with Gasteiger partial charge in [-0.3, -0.25) is 9.89 Å². The van der Waals surface area contributed by atoms with E-state index < -0.39 is 0 Å². The standard InChI is InChI=1S/C17H24N4O2S/c1-10-8-12(11(2)24-10)15(22)21-6-7-23-13(9-21)14-18-16(20-19-14)17(3,4)5/h8,13H,6-7,9H2,1-5H3,(H,18,19,20). The molecule has 1 saturated heterocycles. The molecule has 24 heavy (non-hydrogen) atoms. The number of H-pyrrole nitrogens is 1. The van der Waals surface area contributed by atoms with Crippen LogP contribution in [-0.4, -0.2) is 45.7 Å². The summed E-state index contributed by atoms with van der Waals surface area (Å²) < 4.78 is 5.82. The van der Waals surface area contributed by atoms with Crippen LogP contribution in [0.2, 0.25) is 0 Å². The molecule has 0 radical (unpaired) electrons. The van der Waals surface area contributed by atoms with E-state index in [1.54, 1.807) is 11.3 Å². The highest BCUT2D eigenvalue weighted by atomic mass is 32.1. The number of hydrogen-bond acceptors (Lipinski definition) is 5. The summed E-state index contributed by atoms with van der Waals surface area (Å²) in [5.74, 6) is 1.52. The molecule has 7 heteroatoms. The molecule has 1 fully saturated rings. The number of morpholine rings is 1. The van der Waals surface area contributed by atoms with E-state index in [2.05, 4.69) is 36.0 Å². The SMILES string of the molecule is Cc1cc(C(=O)N2CCOC(c3nc(C(C)(C)C)n[nH]3)C2)c(C)s1. The van der Waals surface area contributed by atoms with E-state index >= 15 is 0 Å². The fourth-order valence-corrected chi connectivity index (χ4v) is 3.68. The third-order valence-electron chi connectivity index (χ3n) is 4.10. The lowest BCUT2D eigenvalue weighted by Crippen LogP contribution is -2.42. The van der Waals surface area contributed by atoms with E-state index in [-0.39, 0.29) is 17.4 Å². The number of thiophene rings is 1. The van der Waals surface area contributed by atoms with Crippen LogP contribution in [0.3, 0.4) is 0 Å². The van der Waals surface area contributed by atoms with Gasteiger partial charge in [-0.25, -0.2) is 4.98 Å². The maximum atomic E-state index is 12.8. The Labute approximate surface area is 146 Å². The number of rotatable bonds is 2. The molecule has 0 spiro atoms. The summed E-state index contributed by atoms with van der Waals surface area (Å²) in [5, 5.41) is 7.27. The number of nitrogens with zero attached hydrogens (tertiary/aromatic N) is 3. The van der Waals surface area contributed by atoms with Gasteiger partial charge in [-0.2, -0.15) is 5.10 Å². The number of aromatic amines is 1. The maximum absolute atomic E-state index is 12.8. The molecule has 1 aliphatic heterocycles. The number of aryl methyl sites for hydroxylation is 2. The van der Waals surface area contributed by atoms with Gasteiger partial charge in [0.15, 0.2) is 11.6 Å². The molecule has 3 rings (SSSR count). The molecule has 6 nitrogen and oxygen atoms in total. The second-order valence-corrected chi connectivity index (χ2v) is 8.69. The van der Waals surface area contributed by atoms with Crippen molar-refractivity contribution in [1.29, 1.82) is 0 Å². The lowest BCUT2D eigenvalue weighted by Gasteiger charge is -2.32. The molecular formula is C17H24N4O2S. The molecule has 3 heterocycles. The molecule has 0 saturated carbocycles. The van der Waals surface area contributed by atoms with Crippen LogP contribution < -0.4 is 0 Å². The molecule has 1 unspecified atom stereocenters. The predicted octanol–water partition coefficient (Wildman–Crippen LogP) is 2.99. The van der Waals surface area contributed by atoms with E-state index in [4.69, 9.17) is 4.74 Å². The monoisotopic (exact) mass is 348 g/mol. The van der Waals surface area contributed by atoms with Crippen molar-refractivity contribution in [3.05, 3.63) is 33.0 Å². The Morgan fingerprint density at radius 3 is 2.75 bits per heavy atom. The fraction of sp³-hybridized carbons (Fsp3) is 0.588. The first kappa shape index (κ1) is 17.1. The first-order valence-corrected chi connectivity index (χ1v) is 8.98. The zero-order valence-corrected chi connectivity index (χ0v) is 15.7. The maximum Gasteiger partial charge on any atom is 0.255 e. The topological polar surface area (TPSA) is 71.1 Å². The zero-order chi connectivity index (χ0) is 17.5. The van der Waals surface area contributed by atoms with Crippen molar-refractivity contribution in [2.45, 2.75) is 46.1 Å². The summed E-state index contributed by atoms with van der Waals surface area (Å²) in [6.45, 7) is 11.8. The summed E-state index contributed by atoms with van der Waals surface area (Å²) in [6.07, 6.45) is -0.258. The molecule has 0 aliphatic carbocycles. The summed E-state index contributed by atoms with van der Waals surface area (Å²) >= 11 is 1.66. The van der Waals surface area contributed by atoms with Crippen molar-refractivity contribution in [2.75, 3.05) is 19.7 Å². The van der Waals surface area contributed by atoms with Gasteiger partial charge < -0.3 is 9.64 Å². The minimum atomic E-state index is -0.258. The first-order valence-electron chi connectivity index (χ1n) is 8.16. The van der Waals surface area contributed by atoms with Crippen LogP contribution in [0.4, 0.5) is 0 Å². The van der Waals surface area contributed by atoms with E-state index in [1.807, 2.05) is 24.8 Å². The van der Waals surface area contributed by atoms with Crippen LogP contribution in [-0.2, 0) is 10.2 Å². The van der Waals surface area contributed by atoms with Gasteiger partial charge in [-0.1, -0.05) is 20.8 Å². The molecule has 0 aromatic carbocycles. The number of ether oxygens (including phenoxy) is 1. The van der Waals surface area contributed by atoms with Crippen LogP contribution in [0, 0.1) is 13.8 Å². The Kier molecular flexibility index (Phi) is 4.48. The summed E-state index contributed by atoms with van der Waals surface area (Å²) in [7, 11) is 0. The average Bonchev–Trinajstić information content (AvgIpc) is 3.13. The summed E-state index contributed by atoms with van der Waals surface area (Å²) in [5.41, 5.74) is 0.677. The van der Waals surface area contributed by atoms with Gasteiger partial charge in [0.25, 0.3) is 5.91 Å². The number of carbonyl (C=O) groups excluding carboxylic acids is 1. The number of carbonyl (C=O) groups is 1. The van der Waals surface area contributed by atoms with Crippen LogP contribution in [0.1, 0.15) is 58.6 Å². The minimum absolute atomic E-state index is 0.0701. The summed E-state index contributed by atoms with van der Waals surface area (Å²) in [4.78, 5) is 21.4. The van der Waals surface area contributed by atoms with Gasteiger partial charge in [-0.05, 0) is 19.9 Å². The van der Waals surface area contributed by atoms with E-state index in [9.17, 15) is 4.79 Å². The molecule has 2 aromatic rings.